The summed E-state index contributed by atoms with van der Waals surface area (Å²) in [5.74, 6) is 0.424. The van der Waals surface area contributed by atoms with E-state index in [2.05, 4.69) is 56.7 Å². The minimum atomic E-state index is -0.991. The van der Waals surface area contributed by atoms with Gasteiger partial charge in [0.05, 0.1) is 23.5 Å². The van der Waals surface area contributed by atoms with E-state index in [1.165, 1.54) is 6.20 Å². The second-order valence-electron chi connectivity index (χ2n) is 13.9. The number of fused-ring (bicyclic) bond motifs is 1. The summed E-state index contributed by atoms with van der Waals surface area (Å²) in [5, 5.41) is 9.54. The number of piperidine rings is 1. The molecule has 4 amide bonds. The van der Waals surface area contributed by atoms with Gasteiger partial charge in [-0.25, -0.2) is 4.98 Å². The molecule has 4 heterocycles. The Morgan fingerprint density at radius 1 is 0.868 bits per heavy atom. The molecule has 268 valence electrons. The van der Waals surface area contributed by atoms with Crippen molar-refractivity contribution in [2.45, 2.75) is 70.1 Å². The Morgan fingerprint density at radius 2 is 1.57 bits per heavy atom. The molecule has 3 aliphatic rings. The molecule has 53 heavy (non-hydrogen) atoms. The maximum absolute atomic E-state index is 13.2. The molecule has 1 saturated carbocycles. The van der Waals surface area contributed by atoms with Gasteiger partial charge in [0.15, 0.2) is 0 Å². The maximum Gasteiger partial charge on any atom is 0.262 e. The average molecular weight is 714 g/mol. The zero-order valence-corrected chi connectivity index (χ0v) is 29.2. The highest BCUT2D eigenvalue weighted by Crippen LogP contribution is 2.36. The van der Waals surface area contributed by atoms with Gasteiger partial charge in [0.2, 0.25) is 29.4 Å². The second-order valence-corrected chi connectivity index (χ2v) is 13.9. The molecule has 8 rings (SSSR count). The number of hydrogen-bond acceptors (Lipinski definition) is 12. The maximum atomic E-state index is 13.2. The zero-order chi connectivity index (χ0) is 36.9. The van der Waals surface area contributed by atoms with Crippen LogP contribution >= 0.6 is 0 Å². The molecule has 2 aliphatic heterocycles. The minimum Gasteiger partial charge on any atom is -0.490 e. The highest BCUT2D eigenvalue weighted by molar-refractivity contribution is 6.23. The number of amides is 4. The summed E-state index contributed by atoms with van der Waals surface area (Å²) < 4.78 is 17.3. The fraction of sp³-hybridized carbons (Fsp3) is 0.282. The van der Waals surface area contributed by atoms with Crippen molar-refractivity contribution in [1.29, 1.82) is 0 Å². The molecule has 5 aromatic rings. The number of hydrogen-bond donors (Lipinski definition) is 2. The standard InChI is InChI=1S/C39H35N7O7/c1-21-41-35(45-53-21)31-19-40-20-34(43-31)52-27-11-6-23(7-12-27)39(2,3)22-4-9-26(10-5-22)51-28-16-25(17-28)42-24-8-13-29-30(18-24)38(50)46(37(29)49)32-14-15-33(47)44-36(32)48/h4-13,18-20,25,28,32,42H,14-17H2,1-3H3,(H,44,47,48)/t25-,28-,32?. The van der Waals surface area contributed by atoms with Gasteiger partial charge in [-0.2, -0.15) is 4.98 Å². The molecular weight excluding hydrogens is 678 g/mol. The molecule has 0 spiro atoms. The summed E-state index contributed by atoms with van der Waals surface area (Å²) in [5.41, 5.74) is 3.61. The monoisotopic (exact) mass is 713 g/mol. The van der Waals surface area contributed by atoms with Crippen molar-refractivity contribution < 1.29 is 33.2 Å². The molecule has 14 heteroatoms. The number of rotatable bonds is 10. The number of nitrogens with one attached hydrogen (secondary N) is 2. The van der Waals surface area contributed by atoms with Crippen molar-refractivity contribution in [3.05, 3.63) is 107 Å². The Morgan fingerprint density at radius 3 is 2.25 bits per heavy atom. The molecule has 14 nitrogen and oxygen atoms in total. The lowest BCUT2D eigenvalue weighted by atomic mass is 9.78. The number of ether oxygens (including phenoxy) is 2. The van der Waals surface area contributed by atoms with Crippen LogP contribution in [0.3, 0.4) is 0 Å². The topological polar surface area (TPSA) is 179 Å². The van der Waals surface area contributed by atoms with E-state index in [0.29, 0.717) is 34.7 Å². The van der Waals surface area contributed by atoms with Gasteiger partial charge in [-0.15, -0.1) is 0 Å². The molecule has 2 N–H and O–H groups in total. The van der Waals surface area contributed by atoms with Crippen LogP contribution in [0, 0.1) is 6.92 Å². The predicted octanol–water partition coefficient (Wildman–Crippen LogP) is 5.38. The van der Waals surface area contributed by atoms with Crippen LogP contribution in [-0.4, -0.2) is 66.8 Å². The van der Waals surface area contributed by atoms with E-state index in [9.17, 15) is 19.2 Å². The van der Waals surface area contributed by atoms with E-state index in [1.54, 1.807) is 31.3 Å². The molecular formula is C39H35N7O7. The highest BCUT2D eigenvalue weighted by Gasteiger charge is 2.45. The predicted molar refractivity (Wildman–Crippen MR) is 189 cm³/mol. The summed E-state index contributed by atoms with van der Waals surface area (Å²) in [6, 6.07) is 20.2. The van der Waals surface area contributed by atoms with Gasteiger partial charge in [-0.05, 0) is 60.0 Å². The van der Waals surface area contributed by atoms with Gasteiger partial charge in [-0.1, -0.05) is 43.3 Å². The Kier molecular flexibility index (Phi) is 8.44. The van der Waals surface area contributed by atoms with Gasteiger partial charge in [0, 0.05) is 43.3 Å². The van der Waals surface area contributed by atoms with E-state index in [0.717, 1.165) is 34.6 Å². The van der Waals surface area contributed by atoms with Crippen LogP contribution in [0.2, 0.25) is 0 Å². The van der Waals surface area contributed by atoms with Crippen LogP contribution in [0.25, 0.3) is 11.5 Å². The molecule has 1 atom stereocenters. The van der Waals surface area contributed by atoms with Crippen LogP contribution in [0.15, 0.2) is 83.6 Å². The van der Waals surface area contributed by atoms with Crippen molar-refractivity contribution in [2.24, 2.45) is 0 Å². The summed E-state index contributed by atoms with van der Waals surface area (Å²) in [6.07, 6.45) is 4.83. The molecule has 3 aromatic carbocycles. The minimum absolute atomic E-state index is 0.0290. The quantitative estimate of drug-likeness (QED) is 0.177. The lowest BCUT2D eigenvalue weighted by molar-refractivity contribution is -0.136. The SMILES string of the molecule is Cc1nc(-c2cncc(Oc3ccc(C(C)(C)c4ccc(O[C@H]5C[C@H](Nc6ccc7c(c6)C(=O)N(C6CCC(=O)NC6=O)C7=O)C5)cc4)cc3)n2)no1. The van der Waals surface area contributed by atoms with Gasteiger partial charge < -0.3 is 19.3 Å². The Labute approximate surface area is 303 Å². The number of anilines is 1. The second kappa shape index (κ2) is 13.3. The third-order valence-corrected chi connectivity index (χ3v) is 9.95. The third-order valence-electron chi connectivity index (χ3n) is 9.95. The van der Waals surface area contributed by atoms with E-state index < -0.39 is 29.7 Å². The summed E-state index contributed by atoms with van der Waals surface area (Å²) >= 11 is 0. The molecule has 1 aliphatic carbocycles. The first-order chi connectivity index (χ1) is 25.5. The lowest BCUT2D eigenvalue weighted by Crippen LogP contribution is -2.54. The van der Waals surface area contributed by atoms with E-state index in [-0.39, 0.29) is 41.5 Å². The molecule has 1 saturated heterocycles. The molecule has 2 fully saturated rings. The molecule has 0 radical (unpaired) electrons. The average Bonchev–Trinajstić information content (AvgIpc) is 3.67. The first-order valence-electron chi connectivity index (χ1n) is 17.3. The van der Waals surface area contributed by atoms with Crippen molar-refractivity contribution in [2.75, 3.05) is 5.32 Å². The van der Waals surface area contributed by atoms with Crippen molar-refractivity contribution >= 4 is 29.3 Å². The van der Waals surface area contributed by atoms with Crippen molar-refractivity contribution in [3.63, 3.8) is 0 Å². The van der Waals surface area contributed by atoms with Crippen LogP contribution < -0.4 is 20.1 Å². The largest absolute Gasteiger partial charge is 0.490 e. The first-order valence-corrected chi connectivity index (χ1v) is 17.3. The Bertz CT molecular complexity index is 2250. The van der Waals surface area contributed by atoms with Crippen LogP contribution in [-0.2, 0) is 15.0 Å². The Hall–Kier alpha value is -6.44. The van der Waals surface area contributed by atoms with Crippen LogP contribution in [0.5, 0.6) is 17.4 Å². The van der Waals surface area contributed by atoms with Crippen LogP contribution in [0.1, 0.15) is 77.3 Å². The summed E-state index contributed by atoms with van der Waals surface area (Å²) in [7, 11) is 0. The highest BCUT2D eigenvalue weighted by atomic mass is 16.5. The fourth-order valence-electron chi connectivity index (χ4n) is 6.85. The summed E-state index contributed by atoms with van der Waals surface area (Å²) in [4.78, 5) is 63.9. The molecule has 0 bridgehead atoms. The number of imide groups is 2. The van der Waals surface area contributed by atoms with Gasteiger partial charge in [0.1, 0.15) is 29.3 Å². The smallest absolute Gasteiger partial charge is 0.262 e. The number of aryl methyl sites for hydroxylation is 1. The number of aromatic nitrogens is 4. The Balaban J connectivity index is 0.839. The zero-order valence-electron chi connectivity index (χ0n) is 29.2. The van der Waals surface area contributed by atoms with E-state index in [4.69, 9.17) is 14.0 Å². The number of carbonyl (C=O) groups is 4. The number of carbonyl (C=O) groups excluding carboxylic acids is 4. The number of nitrogens with zero attached hydrogens (tertiary/aromatic N) is 5. The lowest BCUT2D eigenvalue weighted by Gasteiger charge is -2.36. The van der Waals surface area contributed by atoms with Gasteiger partial charge >= 0.3 is 0 Å². The van der Waals surface area contributed by atoms with E-state index >= 15 is 0 Å². The fourth-order valence-corrected chi connectivity index (χ4v) is 6.85. The van der Waals surface area contributed by atoms with Crippen molar-refractivity contribution in [3.8, 4) is 28.9 Å². The molecule has 2 aromatic heterocycles. The summed E-state index contributed by atoms with van der Waals surface area (Å²) in [6.45, 7) is 6.04. The normalized spacial score (nSPS) is 19.8. The first kappa shape index (κ1) is 33.7. The number of benzene rings is 3. The third kappa shape index (κ3) is 6.59. The molecule has 1 unspecified atom stereocenters. The van der Waals surface area contributed by atoms with Crippen LogP contribution in [0.4, 0.5) is 5.69 Å². The van der Waals surface area contributed by atoms with E-state index in [1.807, 2.05) is 36.4 Å². The van der Waals surface area contributed by atoms with Crippen molar-refractivity contribution in [1.82, 2.24) is 30.3 Å². The van der Waals surface area contributed by atoms with Gasteiger partial charge in [-0.3, -0.25) is 34.4 Å². The van der Waals surface area contributed by atoms with Gasteiger partial charge in [0.25, 0.3) is 11.8 Å².